The van der Waals surface area contributed by atoms with Crippen molar-refractivity contribution >= 4 is 34.6 Å². The monoisotopic (exact) mass is 319 g/mol. The van der Waals surface area contributed by atoms with Gasteiger partial charge >= 0.3 is 0 Å². The van der Waals surface area contributed by atoms with Crippen molar-refractivity contribution in [3.63, 3.8) is 0 Å². The third-order valence-electron chi connectivity index (χ3n) is 3.82. The van der Waals surface area contributed by atoms with Gasteiger partial charge in [0.25, 0.3) is 0 Å². The fourth-order valence-corrected chi connectivity index (χ4v) is 3.57. The second-order valence-electron chi connectivity index (χ2n) is 5.20. The average molecular weight is 319 g/mol. The van der Waals surface area contributed by atoms with Crippen molar-refractivity contribution in [3.8, 4) is 16.8 Å². The zero-order valence-corrected chi connectivity index (χ0v) is 13.0. The van der Waals surface area contributed by atoms with Crippen molar-refractivity contribution in [3.05, 3.63) is 64.9 Å². The van der Waals surface area contributed by atoms with Gasteiger partial charge in [-0.25, -0.2) is 4.98 Å². The Bertz CT molecular complexity index is 1020. The number of thiophene rings is 1. The Morgan fingerprint density at radius 1 is 1.09 bits per heavy atom. The van der Waals surface area contributed by atoms with E-state index in [-0.39, 0.29) is 0 Å². The Balaban J connectivity index is 1.92. The van der Waals surface area contributed by atoms with Gasteiger partial charge in [0, 0.05) is 22.2 Å². The molecule has 4 aromatic rings. The fraction of sp³-hybridized carbons (Fsp3) is 0. The number of imidazole rings is 1. The van der Waals surface area contributed by atoms with Gasteiger partial charge in [-0.15, -0.1) is 0 Å². The van der Waals surface area contributed by atoms with Gasteiger partial charge in [-0.1, -0.05) is 24.3 Å². The van der Waals surface area contributed by atoms with Gasteiger partial charge in [0.15, 0.2) is 6.29 Å². The molecule has 2 N–H and O–H groups in total. The molecular weight excluding hydrogens is 306 g/mol. The Kier molecular flexibility index (Phi) is 3.20. The first-order valence-corrected chi connectivity index (χ1v) is 8.07. The van der Waals surface area contributed by atoms with Gasteiger partial charge in [0.2, 0.25) is 5.95 Å². The Morgan fingerprint density at radius 2 is 1.96 bits per heavy atom. The van der Waals surface area contributed by atoms with E-state index < -0.39 is 0 Å². The highest BCUT2D eigenvalue weighted by Gasteiger charge is 2.11. The van der Waals surface area contributed by atoms with Gasteiger partial charge in [-0.2, -0.15) is 11.3 Å². The van der Waals surface area contributed by atoms with Crippen LogP contribution in [0.2, 0.25) is 0 Å². The first-order valence-electron chi connectivity index (χ1n) is 7.13. The summed E-state index contributed by atoms with van der Waals surface area (Å²) in [5, 5.41) is 3.84. The number of aromatic nitrogens is 2. The molecule has 0 spiro atoms. The Labute approximate surface area is 136 Å². The number of nitrogen functional groups attached to an aromatic ring is 1. The molecule has 0 aliphatic rings. The second-order valence-corrected chi connectivity index (χ2v) is 5.95. The van der Waals surface area contributed by atoms with Crippen LogP contribution in [0, 0.1) is 0 Å². The summed E-state index contributed by atoms with van der Waals surface area (Å²) in [7, 11) is 0. The van der Waals surface area contributed by atoms with Gasteiger partial charge in [0.1, 0.15) is 0 Å². The van der Waals surface area contributed by atoms with Crippen molar-refractivity contribution in [2.45, 2.75) is 0 Å². The van der Waals surface area contributed by atoms with Crippen LogP contribution >= 0.6 is 11.3 Å². The average Bonchev–Trinajstić information content (AvgIpc) is 3.18. The van der Waals surface area contributed by atoms with Crippen LogP contribution in [0.3, 0.4) is 0 Å². The van der Waals surface area contributed by atoms with Gasteiger partial charge in [-0.05, 0) is 35.2 Å². The summed E-state index contributed by atoms with van der Waals surface area (Å²) in [4.78, 5) is 15.6. The molecule has 0 fully saturated rings. The lowest BCUT2D eigenvalue weighted by Gasteiger charge is -2.09. The van der Waals surface area contributed by atoms with Crippen LogP contribution in [0.1, 0.15) is 10.4 Å². The van der Waals surface area contributed by atoms with Crippen LogP contribution in [0.15, 0.2) is 59.3 Å². The summed E-state index contributed by atoms with van der Waals surface area (Å²) in [6.45, 7) is 0. The molecule has 112 valence electrons. The molecule has 2 aromatic carbocycles. The molecule has 4 rings (SSSR count). The van der Waals surface area contributed by atoms with E-state index in [4.69, 9.17) is 5.73 Å². The molecule has 0 bridgehead atoms. The molecule has 2 heterocycles. The number of nitrogens with two attached hydrogens (primary N) is 1. The number of hydrogen-bond acceptors (Lipinski definition) is 4. The molecule has 0 aliphatic carbocycles. The van der Waals surface area contributed by atoms with Crippen molar-refractivity contribution in [2.75, 3.05) is 5.73 Å². The van der Waals surface area contributed by atoms with Crippen LogP contribution in [-0.2, 0) is 0 Å². The first-order chi connectivity index (χ1) is 11.3. The SMILES string of the molecule is Nc1nc2ccccc2n1-c1cccc(-c2cscc2C=O)c1. The Morgan fingerprint density at radius 3 is 2.83 bits per heavy atom. The maximum Gasteiger partial charge on any atom is 0.205 e. The summed E-state index contributed by atoms with van der Waals surface area (Å²) in [5.41, 5.74) is 11.5. The van der Waals surface area contributed by atoms with Gasteiger partial charge in [-0.3, -0.25) is 9.36 Å². The van der Waals surface area contributed by atoms with E-state index in [0.29, 0.717) is 11.5 Å². The van der Waals surface area contributed by atoms with E-state index in [1.807, 2.05) is 63.9 Å². The maximum absolute atomic E-state index is 11.2. The molecule has 0 aliphatic heterocycles. The zero-order chi connectivity index (χ0) is 15.8. The van der Waals surface area contributed by atoms with E-state index in [1.54, 1.807) is 0 Å². The summed E-state index contributed by atoms with van der Waals surface area (Å²) in [5.74, 6) is 0.448. The number of aldehydes is 1. The first kappa shape index (κ1) is 13.7. The van der Waals surface area contributed by atoms with E-state index >= 15 is 0 Å². The molecular formula is C18H13N3OS. The molecule has 2 aromatic heterocycles. The number of para-hydroxylation sites is 2. The highest BCUT2D eigenvalue weighted by molar-refractivity contribution is 7.08. The number of nitrogens with zero attached hydrogens (tertiary/aromatic N) is 2. The number of hydrogen-bond donors (Lipinski definition) is 1. The van der Waals surface area contributed by atoms with Crippen molar-refractivity contribution in [1.29, 1.82) is 0 Å². The highest BCUT2D eigenvalue weighted by Crippen LogP contribution is 2.30. The lowest BCUT2D eigenvalue weighted by molar-refractivity contribution is 0.112. The largest absolute Gasteiger partial charge is 0.369 e. The molecule has 0 amide bonds. The molecule has 5 heteroatoms. The normalized spacial score (nSPS) is 11.0. The minimum atomic E-state index is 0.448. The smallest absolute Gasteiger partial charge is 0.205 e. The third-order valence-corrected chi connectivity index (χ3v) is 4.58. The maximum atomic E-state index is 11.2. The molecule has 23 heavy (non-hydrogen) atoms. The number of benzene rings is 2. The standard InChI is InChI=1S/C18H13N3OS/c19-18-20-16-6-1-2-7-17(16)21(18)14-5-3-4-12(8-14)15-11-23-10-13(15)9-22/h1-11H,(H2,19,20). The molecule has 0 saturated carbocycles. The predicted octanol–water partition coefficient (Wildman–Crippen LogP) is 4.15. The second kappa shape index (κ2) is 5.37. The summed E-state index contributed by atoms with van der Waals surface area (Å²) in [6.07, 6.45) is 0.888. The number of rotatable bonds is 3. The predicted molar refractivity (Wildman–Crippen MR) is 94.2 cm³/mol. The van der Waals surface area contributed by atoms with Crippen LogP contribution < -0.4 is 5.73 Å². The third kappa shape index (κ3) is 2.22. The highest BCUT2D eigenvalue weighted by atomic mass is 32.1. The molecule has 0 atom stereocenters. The van der Waals surface area contributed by atoms with E-state index in [2.05, 4.69) is 4.98 Å². The van der Waals surface area contributed by atoms with Crippen LogP contribution in [0.4, 0.5) is 5.95 Å². The summed E-state index contributed by atoms with van der Waals surface area (Å²) in [6, 6.07) is 15.8. The van der Waals surface area contributed by atoms with Gasteiger partial charge < -0.3 is 5.73 Å². The van der Waals surface area contributed by atoms with E-state index in [9.17, 15) is 4.79 Å². The lowest BCUT2D eigenvalue weighted by atomic mass is 10.0. The Hall–Kier alpha value is -2.92. The summed E-state index contributed by atoms with van der Waals surface area (Å²) >= 11 is 1.52. The topological polar surface area (TPSA) is 60.9 Å². The molecule has 0 radical (unpaired) electrons. The van der Waals surface area contributed by atoms with Crippen LogP contribution in [0.5, 0.6) is 0 Å². The summed E-state index contributed by atoms with van der Waals surface area (Å²) < 4.78 is 1.92. The number of fused-ring (bicyclic) bond motifs is 1. The molecule has 4 nitrogen and oxygen atoms in total. The lowest BCUT2D eigenvalue weighted by Crippen LogP contribution is -2.00. The fourth-order valence-electron chi connectivity index (χ4n) is 2.76. The van der Waals surface area contributed by atoms with E-state index in [0.717, 1.165) is 34.1 Å². The van der Waals surface area contributed by atoms with Crippen LogP contribution in [-0.4, -0.2) is 15.8 Å². The van der Waals surface area contributed by atoms with E-state index in [1.165, 1.54) is 11.3 Å². The zero-order valence-electron chi connectivity index (χ0n) is 12.1. The van der Waals surface area contributed by atoms with Crippen molar-refractivity contribution < 1.29 is 4.79 Å². The number of carbonyl (C=O) groups excluding carboxylic acids is 1. The van der Waals surface area contributed by atoms with Crippen LogP contribution in [0.25, 0.3) is 27.8 Å². The van der Waals surface area contributed by atoms with Crippen molar-refractivity contribution in [2.24, 2.45) is 0 Å². The quantitative estimate of drug-likeness (QED) is 0.577. The van der Waals surface area contributed by atoms with Gasteiger partial charge in [0.05, 0.1) is 11.0 Å². The molecule has 0 saturated heterocycles. The number of carbonyl (C=O) groups is 1. The number of anilines is 1. The van der Waals surface area contributed by atoms with Crippen molar-refractivity contribution in [1.82, 2.24) is 9.55 Å². The minimum Gasteiger partial charge on any atom is -0.369 e. The minimum absolute atomic E-state index is 0.448. The molecule has 0 unspecified atom stereocenters.